The van der Waals surface area contributed by atoms with Crippen molar-refractivity contribution < 1.29 is 27.2 Å². The summed E-state index contributed by atoms with van der Waals surface area (Å²) < 4.78 is 62.4. The van der Waals surface area contributed by atoms with Gasteiger partial charge in [0.25, 0.3) is 0 Å². The highest BCUT2D eigenvalue weighted by atomic mass is 35.5. The Morgan fingerprint density at radius 1 is 1.24 bits per heavy atom. The molecule has 0 aliphatic heterocycles. The Kier molecular flexibility index (Phi) is 3.36. The van der Waals surface area contributed by atoms with E-state index in [2.05, 4.69) is 5.10 Å². The van der Waals surface area contributed by atoms with Gasteiger partial charge in [0, 0.05) is 7.05 Å². The maximum Gasteiger partial charge on any atom is 0.460 e. The maximum atomic E-state index is 12.9. The zero-order chi connectivity index (χ0) is 13.6. The Balaban J connectivity index is 3.47. The molecular formula is C6H4ClF5N3O2-. The molecule has 0 atom stereocenters. The molecule has 1 rings (SSSR count). The predicted molar refractivity (Wildman–Crippen MR) is 45.5 cm³/mol. The van der Waals surface area contributed by atoms with Gasteiger partial charge in [-0.25, -0.2) is 0 Å². The number of quaternary nitrogens is 1. The van der Waals surface area contributed by atoms with E-state index in [0.29, 0.717) is 4.68 Å². The predicted octanol–water partition coefficient (Wildman–Crippen LogP) is 1.24. The van der Waals surface area contributed by atoms with Crippen molar-refractivity contribution in [1.82, 2.24) is 9.78 Å². The van der Waals surface area contributed by atoms with Crippen molar-refractivity contribution in [3.05, 3.63) is 21.3 Å². The first kappa shape index (κ1) is 14.1. The number of aryl methyl sites for hydroxylation is 1. The molecule has 5 nitrogen and oxygen atoms in total. The highest BCUT2D eigenvalue weighted by molar-refractivity contribution is 6.31. The molecule has 0 unspecified atom stereocenters. The Labute approximate surface area is 95.5 Å². The third-order valence-electron chi connectivity index (χ3n) is 1.83. The fourth-order valence-electron chi connectivity index (χ4n) is 1.04. The summed E-state index contributed by atoms with van der Waals surface area (Å²) >= 11 is 5.24. The summed E-state index contributed by atoms with van der Waals surface area (Å²) in [6, 6.07) is 0. The number of alkyl halides is 5. The third kappa shape index (κ3) is 2.20. The topological polar surface area (TPSA) is 68.4 Å². The van der Waals surface area contributed by atoms with E-state index in [1.54, 1.807) is 0 Å². The molecule has 0 saturated heterocycles. The number of nitrogens with zero attached hydrogens (tertiary/aromatic N) is 2. The van der Waals surface area contributed by atoms with E-state index in [0.717, 1.165) is 7.05 Å². The summed E-state index contributed by atoms with van der Waals surface area (Å²) in [5.41, 5.74) is -3.46. The van der Waals surface area contributed by atoms with Crippen LogP contribution in [0.1, 0.15) is 5.69 Å². The van der Waals surface area contributed by atoms with Crippen LogP contribution in [-0.4, -0.2) is 16.0 Å². The molecule has 1 heterocycles. The van der Waals surface area contributed by atoms with Gasteiger partial charge in [-0.05, 0) is 0 Å². The standard InChI is InChI=1S/C6H4ClF5N3O2/c1-14-4(7)2(15(16)17)3(13-14)5(8,9)6(10,11)12/h15H,1H3/q-1. The van der Waals surface area contributed by atoms with Gasteiger partial charge >= 0.3 is 12.1 Å². The molecule has 17 heavy (non-hydrogen) atoms. The smallest absolute Gasteiger partial charge is 0.460 e. The molecule has 11 heteroatoms. The zero-order valence-corrected chi connectivity index (χ0v) is 8.73. The van der Waals surface area contributed by atoms with Crippen LogP contribution >= 0.6 is 11.6 Å². The lowest BCUT2D eigenvalue weighted by atomic mass is 10.2. The summed E-state index contributed by atoms with van der Waals surface area (Å²) in [7, 11) is 0.921. The molecule has 0 radical (unpaired) electrons. The largest absolute Gasteiger partial charge is 0.628 e. The zero-order valence-electron chi connectivity index (χ0n) is 7.98. The molecular weight excluding hydrogens is 277 g/mol. The molecule has 1 N–H and O–H groups in total. The Morgan fingerprint density at radius 2 is 1.71 bits per heavy atom. The highest BCUT2D eigenvalue weighted by Gasteiger charge is 2.62. The van der Waals surface area contributed by atoms with Crippen LogP contribution in [0, 0.1) is 10.4 Å². The molecule has 0 aliphatic rings. The van der Waals surface area contributed by atoms with Crippen molar-refractivity contribution >= 4 is 17.3 Å². The molecule has 0 aromatic carbocycles. The molecule has 0 spiro atoms. The lowest BCUT2D eigenvalue weighted by Gasteiger charge is -2.26. The summed E-state index contributed by atoms with van der Waals surface area (Å²) in [6.07, 6.45) is -5.98. The minimum absolute atomic E-state index is 0.391. The van der Waals surface area contributed by atoms with Gasteiger partial charge in [-0.3, -0.25) is 4.68 Å². The van der Waals surface area contributed by atoms with Crippen molar-refractivity contribution in [2.24, 2.45) is 7.05 Å². The minimum Gasteiger partial charge on any atom is -0.628 e. The van der Waals surface area contributed by atoms with Gasteiger partial charge in [-0.1, -0.05) is 11.6 Å². The average molecular weight is 281 g/mol. The van der Waals surface area contributed by atoms with Crippen LogP contribution in [-0.2, 0) is 13.0 Å². The van der Waals surface area contributed by atoms with Crippen LogP contribution in [0.15, 0.2) is 0 Å². The van der Waals surface area contributed by atoms with Crippen molar-refractivity contribution in [2.75, 3.05) is 0 Å². The first-order valence-electron chi connectivity index (χ1n) is 3.89. The summed E-state index contributed by atoms with van der Waals surface area (Å²) in [5, 5.41) is 20.6. The number of hydrogen-bond donors (Lipinski definition) is 1. The van der Waals surface area contributed by atoms with Crippen LogP contribution in [0.25, 0.3) is 0 Å². The summed E-state index contributed by atoms with van der Waals surface area (Å²) in [5.74, 6) is -5.42. The quantitative estimate of drug-likeness (QED) is 0.654. The van der Waals surface area contributed by atoms with Gasteiger partial charge in [0.1, 0.15) is 0 Å². The second kappa shape index (κ2) is 4.05. The Hall–Kier alpha value is -0.970. The van der Waals surface area contributed by atoms with Crippen LogP contribution in [0.3, 0.4) is 0 Å². The van der Waals surface area contributed by atoms with E-state index in [4.69, 9.17) is 11.6 Å². The monoisotopic (exact) mass is 280 g/mol. The molecule has 0 saturated carbocycles. The van der Waals surface area contributed by atoms with E-state index in [-0.39, 0.29) is 0 Å². The van der Waals surface area contributed by atoms with Crippen molar-refractivity contribution in [2.45, 2.75) is 12.1 Å². The highest BCUT2D eigenvalue weighted by Crippen LogP contribution is 2.46. The van der Waals surface area contributed by atoms with Crippen molar-refractivity contribution in [3.8, 4) is 0 Å². The number of aromatic nitrogens is 2. The molecule has 1 aromatic rings. The summed E-state index contributed by atoms with van der Waals surface area (Å²) in [4.78, 5) is 0. The van der Waals surface area contributed by atoms with Crippen molar-refractivity contribution in [3.63, 3.8) is 0 Å². The molecule has 0 aliphatic carbocycles. The molecule has 0 fully saturated rings. The normalized spacial score (nSPS) is 13.5. The van der Waals surface area contributed by atoms with Crippen molar-refractivity contribution in [1.29, 1.82) is 0 Å². The second-order valence-corrected chi connectivity index (χ2v) is 3.36. The lowest BCUT2D eigenvalue weighted by molar-refractivity contribution is -0.716. The van der Waals surface area contributed by atoms with Gasteiger partial charge < -0.3 is 15.6 Å². The van der Waals surface area contributed by atoms with E-state index in [1.165, 1.54) is 0 Å². The Morgan fingerprint density at radius 3 is 2.06 bits per heavy atom. The Bertz CT molecular complexity index is 430. The molecule has 0 amide bonds. The van der Waals surface area contributed by atoms with Gasteiger partial charge in [0.05, 0.1) is 0 Å². The van der Waals surface area contributed by atoms with E-state index >= 15 is 0 Å². The van der Waals surface area contributed by atoms with Gasteiger partial charge in [-0.15, -0.1) is 0 Å². The van der Waals surface area contributed by atoms with Gasteiger partial charge in [0.2, 0.25) is 5.69 Å². The third-order valence-corrected chi connectivity index (χ3v) is 2.27. The van der Waals surface area contributed by atoms with Crippen LogP contribution in [0.4, 0.5) is 27.6 Å². The van der Waals surface area contributed by atoms with E-state index in [1.807, 2.05) is 0 Å². The SMILES string of the molecule is Cn1nc(C(F)(F)C(F)(F)F)c([NH+]([O-])[O-])c1Cl. The van der Waals surface area contributed by atoms with E-state index in [9.17, 15) is 32.4 Å². The maximum absolute atomic E-state index is 12.9. The number of hydrogen-bond acceptors (Lipinski definition) is 3. The second-order valence-electron chi connectivity index (χ2n) is 3.00. The minimum atomic E-state index is -5.98. The van der Waals surface area contributed by atoms with Gasteiger partial charge in [-0.2, -0.15) is 27.1 Å². The average Bonchev–Trinajstić information content (AvgIpc) is 2.41. The number of rotatable bonds is 2. The molecule has 1 aromatic heterocycles. The van der Waals surface area contributed by atoms with Crippen LogP contribution in [0.2, 0.25) is 5.15 Å². The first-order valence-corrected chi connectivity index (χ1v) is 4.26. The fourth-order valence-corrected chi connectivity index (χ4v) is 1.24. The van der Waals surface area contributed by atoms with Gasteiger partial charge in [0.15, 0.2) is 10.8 Å². The van der Waals surface area contributed by atoms with Crippen LogP contribution in [0.5, 0.6) is 0 Å². The van der Waals surface area contributed by atoms with Crippen LogP contribution < -0.4 is 5.23 Å². The van der Waals surface area contributed by atoms with E-state index < -0.39 is 33.9 Å². The lowest BCUT2D eigenvalue weighted by Crippen LogP contribution is -2.96. The molecule has 0 bridgehead atoms. The molecule has 98 valence electrons. The fraction of sp³-hybridized carbons (Fsp3) is 0.500. The summed E-state index contributed by atoms with van der Waals surface area (Å²) in [6.45, 7) is 0. The first-order chi connectivity index (χ1) is 7.50. The number of halogens is 6. The number of nitrogens with one attached hydrogen (secondary N) is 1.